The first kappa shape index (κ1) is 22.6. The van der Waals surface area contributed by atoms with Crippen molar-refractivity contribution in [2.75, 3.05) is 27.2 Å². The van der Waals surface area contributed by atoms with Crippen LogP contribution in [0.5, 0.6) is 0 Å². The zero-order valence-corrected chi connectivity index (χ0v) is 19.6. The molecule has 1 aromatic carbocycles. The SMILES string of the molecule is CN1CC[C@H](NC(=O)C2=CC(C(=O)NCc3ccc4oc(=O)n(C)c4c3)=NC3=CCN(C)N32)C1=O. The minimum atomic E-state index is -0.598. The van der Waals surface area contributed by atoms with Gasteiger partial charge in [-0.15, -0.1) is 0 Å². The van der Waals surface area contributed by atoms with Crippen LogP contribution in [0.15, 0.2) is 56.1 Å². The average molecular weight is 479 g/mol. The van der Waals surface area contributed by atoms with Crippen molar-refractivity contribution in [1.29, 1.82) is 0 Å². The number of aliphatic imine (C=N–C) groups is 1. The zero-order chi connectivity index (χ0) is 24.9. The number of amides is 3. The van der Waals surface area contributed by atoms with E-state index in [1.54, 1.807) is 54.3 Å². The van der Waals surface area contributed by atoms with E-state index in [-0.39, 0.29) is 23.9 Å². The molecule has 2 aromatic rings. The van der Waals surface area contributed by atoms with Crippen molar-refractivity contribution in [3.63, 3.8) is 0 Å². The number of carbonyl (C=O) groups is 3. The molecule has 0 spiro atoms. The van der Waals surface area contributed by atoms with E-state index in [4.69, 9.17) is 4.42 Å². The van der Waals surface area contributed by atoms with Gasteiger partial charge >= 0.3 is 5.76 Å². The van der Waals surface area contributed by atoms with Crippen LogP contribution in [0.4, 0.5) is 0 Å². The number of benzene rings is 1. The number of hydrogen-bond acceptors (Lipinski definition) is 8. The Balaban J connectivity index is 1.34. The summed E-state index contributed by atoms with van der Waals surface area (Å²) in [5.74, 6) is -1.04. The molecule has 1 fully saturated rings. The maximum Gasteiger partial charge on any atom is 0.419 e. The van der Waals surface area contributed by atoms with Crippen LogP contribution >= 0.6 is 0 Å². The van der Waals surface area contributed by atoms with E-state index in [1.165, 1.54) is 10.6 Å². The minimum Gasteiger partial charge on any atom is -0.408 e. The molecule has 0 aliphatic carbocycles. The highest BCUT2D eigenvalue weighted by Crippen LogP contribution is 2.27. The van der Waals surface area contributed by atoms with E-state index >= 15 is 0 Å². The first-order valence-electron chi connectivity index (χ1n) is 11.2. The number of nitrogens with one attached hydrogen (secondary N) is 2. The highest BCUT2D eigenvalue weighted by atomic mass is 16.4. The molecule has 1 aromatic heterocycles. The highest BCUT2D eigenvalue weighted by Gasteiger charge is 2.36. The number of nitrogens with zero attached hydrogens (tertiary/aromatic N) is 5. The number of aryl methyl sites for hydroxylation is 1. The van der Waals surface area contributed by atoms with Gasteiger partial charge in [0.15, 0.2) is 5.58 Å². The molecule has 4 heterocycles. The van der Waals surface area contributed by atoms with Crippen LogP contribution in [-0.4, -0.2) is 76.1 Å². The van der Waals surface area contributed by atoms with Gasteiger partial charge in [0.1, 0.15) is 23.3 Å². The number of aromatic nitrogens is 1. The second-order valence-corrected chi connectivity index (χ2v) is 8.73. The molecular weight excluding hydrogens is 454 g/mol. The average Bonchev–Trinajstić information content (AvgIpc) is 3.47. The largest absolute Gasteiger partial charge is 0.419 e. The maximum atomic E-state index is 13.1. The Morgan fingerprint density at radius 2 is 1.97 bits per heavy atom. The monoisotopic (exact) mass is 479 g/mol. The summed E-state index contributed by atoms with van der Waals surface area (Å²) in [6.45, 7) is 1.28. The van der Waals surface area contributed by atoms with Gasteiger partial charge < -0.3 is 20.0 Å². The zero-order valence-electron chi connectivity index (χ0n) is 19.6. The lowest BCUT2D eigenvalue weighted by molar-refractivity contribution is -0.131. The minimum absolute atomic E-state index is 0.0830. The van der Waals surface area contributed by atoms with Crippen LogP contribution in [0.3, 0.4) is 0 Å². The molecule has 0 saturated carbocycles. The number of fused-ring (bicyclic) bond motifs is 2. The van der Waals surface area contributed by atoms with Crippen molar-refractivity contribution >= 4 is 34.5 Å². The van der Waals surface area contributed by atoms with Crippen molar-refractivity contribution in [1.82, 2.24) is 30.1 Å². The summed E-state index contributed by atoms with van der Waals surface area (Å²) in [6, 6.07) is 4.61. The number of hydrogen-bond donors (Lipinski definition) is 2. The van der Waals surface area contributed by atoms with E-state index in [9.17, 15) is 19.2 Å². The number of likely N-dealkylation sites (N-methyl/N-ethyl adjacent to an activating group) is 2. The predicted octanol–water partition coefficient (Wildman–Crippen LogP) is -0.563. The summed E-state index contributed by atoms with van der Waals surface area (Å²) < 4.78 is 6.53. The lowest BCUT2D eigenvalue weighted by atomic mass is 10.1. The molecule has 182 valence electrons. The third kappa shape index (κ3) is 4.01. The molecule has 5 rings (SSSR count). The number of hydrazine groups is 1. The second kappa shape index (κ2) is 8.55. The summed E-state index contributed by atoms with van der Waals surface area (Å²) in [6.07, 6.45) is 3.77. The Bertz CT molecular complexity index is 1400. The Labute approximate surface area is 200 Å². The van der Waals surface area contributed by atoms with Crippen LogP contribution in [0.1, 0.15) is 12.0 Å². The lowest BCUT2D eigenvalue weighted by Gasteiger charge is -2.32. The van der Waals surface area contributed by atoms with Gasteiger partial charge in [0.05, 0.1) is 5.52 Å². The van der Waals surface area contributed by atoms with Crippen LogP contribution in [-0.2, 0) is 28.0 Å². The number of carbonyl (C=O) groups excluding carboxylic acids is 3. The van der Waals surface area contributed by atoms with Crippen molar-refractivity contribution < 1.29 is 18.8 Å². The Morgan fingerprint density at radius 3 is 2.71 bits per heavy atom. The molecule has 2 N–H and O–H groups in total. The molecule has 3 aliphatic heterocycles. The van der Waals surface area contributed by atoms with Crippen LogP contribution < -0.4 is 16.4 Å². The van der Waals surface area contributed by atoms with E-state index < -0.39 is 23.6 Å². The first-order chi connectivity index (χ1) is 16.7. The summed E-state index contributed by atoms with van der Waals surface area (Å²) in [5, 5.41) is 9.02. The fourth-order valence-electron chi connectivity index (χ4n) is 4.33. The van der Waals surface area contributed by atoms with E-state index in [1.807, 2.05) is 6.08 Å². The molecule has 12 nitrogen and oxygen atoms in total. The van der Waals surface area contributed by atoms with Crippen molar-refractivity contribution in [2.45, 2.75) is 19.0 Å². The van der Waals surface area contributed by atoms with Gasteiger partial charge in [-0.1, -0.05) is 6.07 Å². The molecule has 3 amide bonds. The van der Waals surface area contributed by atoms with Crippen LogP contribution in [0.25, 0.3) is 11.1 Å². The summed E-state index contributed by atoms with van der Waals surface area (Å²) in [7, 11) is 5.11. The topological polar surface area (TPSA) is 132 Å². The molecule has 1 atom stereocenters. The quantitative estimate of drug-likeness (QED) is 0.587. The molecule has 3 aliphatic rings. The van der Waals surface area contributed by atoms with Gasteiger partial charge in [-0.3, -0.25) is 24.0 Å². The fourth-order valence-corrected chi connectivity index (χ4v) is 4.33. The Morgan fingerprint density at radius 1 is 1.17 bits per heavy atom. The van der Waals surface area contributed by atoms with Gasteiger partial charge in [0, 0.05) is 46.9 Å². The molecule has 0 radical (unpaired) electrons. The Hall–Kier alpha value is -4.19. The van der Waals surface area contributed by atoms with Gasteiger partial charge in [-0.25, -0.2) is 14.8 Å². The van der Waals surface area contributed by atoms with E-state index in [2.05, 4.69) is 15.6 Å². The summed E-state index contributed by atoms with van der Waals surface area (Å²) >= 11 is 0. The van der Waals surface area contributed by atoms with Gasteiger partial charge in [-0.05, 0) is 30.2 Å². The molecule has 12 heteroatoms. The third-order valence-electron chi connectivity index (χ3n) is 6.34. The molecule has 35 heavy (non-hydrogen) atoms. The van der Waals surface area contributed by atoms with Crippen molar-refractivity contribution in [3.8, 4) is 0 Å². The number of oxazole rings is 1. The fraction of sp³-hybridized carbons (Fsp3) is 0.348. The summed E-state index contributed by atoms with van der Waals surface area (Å²) in [5.41, 5.74) is 2.16. The molecule has 0 unspecified atom stereocenters. The predicted molar refractivity (Wildman–Crippen MR) is 126 cm³/mol. The van der Waals surface area contributed by atoms with Gasteiger partial charge in [0.2, 0.25) is 5.91 Å². The van der Waals surface area contributed by atoms with Crippen LogP contribution in [0, 0.1) is 0 Å². The summed E-state index contributed by atoms with van der Waals surface area (Å²) in [4.78, 5) is 56.1. The number of likely N-dealkylation sites (tertiary alicyclic amines) is 1. The highest BCUT2D eigenvalue weighted by molar-refractivity contribution is 6.44. The van der Waals surface area contributed by atoms with E-state index in [0.29, 0.717) is 36.4 Å². The smallest absolute Gasteiger partial charge is 0.408 e. The first-order valence-corrected chi connectivity index (χ1v) is 11.2. The van der Waals surface area contributed by atoms with Crippen molar-refractivity contribution in [3.05, 3.63) is 58.0 Å². The normalized spacial score (nSPS) is 20.0. The standard InChI is InChI=1S/C23H25N7O5/c1-27-8-6-14(22(27)33)26-21(32)17-11-15(25-19-7-9-28(2)30(17)19)20(31)24-12-13-4-5-18-16(10-13)29(3)23(34)35-18/h4-5,7,10-11,14H,6,8-9,12H2,1-3H3,(H,24,31)(H,26,32)/t14-/m0/s1. The van der Waals surface area contributed by atoms with Gasteiger partial charge in [0.25, 0.3) is 11.8 Å². The number of rotatable bonds is 5. The second-order valence-electron chi connectivity index (χ2n) is 8.73. The van der Waals surface area contributed by atoms with Gasteiger partial charge in [-0.2, -0.15) is 0 Å². The van der Waals surface area contributed by atoms with Crippen molar-refractivity contribution in [2.24, 2.45) is 12.0 Å². The third-order valence-corrected chi connectivity index (χ3v) is 6.34. The van der Waals surface area contributed by atoms with Crippen LogP contribution in [0.2, 0.25) is 0 Å². The maximum absolute atomic E-state index is 13.1. The molecular formula is C23H25N7O5. The molecule has 0 bridgehead atoms. The lowest BCUT2D eigenvalue weighted by Crippen LogP contribution is -2.47. The Kier molecular flexibility index (Phi) is 5.52. The molecule has 1 saturated heterocycles. The van der Waals surface area contributed by atoms with E-state index in [0.717, 1.165) is 5.56 Å².